The standard InChI is InChI=1S/C15H14N2O5/c1-10-8-12(4-6-14(10)17(19)20)21-9-13-3-2-11(22-13)5-7-15(16)18/h2-8H,9H2,1H3,(H2,16,18)/b7-5-. The lowest BCUT2D eigenvalue weighted by Crippen LogP contribution is -2.04. The number of amides is 1. The van der Waals surface area contributed by atoms with Crippen molar-refractivity contribution in [2.24, 2.45) is 5.73 Å². The molecule has 0 saturated carbocycles. The third kappa shape index (κ3) is 3.95. The van der Waals surface area contributed by atoms with Crippen LogP contribution in [-0.2, 0) is 11.4 Å². The van der Waals surface area contributed by atoms with Crippen molar-refractivity contribution in [1.82, 2.24) is 0 Å². The predicted octanol–water partition coefficient (Wildman–Crippen LogP) is 2.57. The first-order valence-corrected chi connectivity index (χ1v) is 6.40. The molecule has 1 aromatic heterocycles. The molecular formula is C15H14N2O5. The van der Waals surface area contributed by atoms with Crippen LogP contribution in [0.2, 0.25) is 0 Å². The molecule has 0 bridgehead atoms. The molecule has 2 aromatic rings. The summed E-state index contributed by atoms with van der Waals surface area (Å²) in [7, 11) is 0. The number of nitrogens with two attached hydrogens (primary N) is 1. The number of benzene rings is 1. The fraction of sp³-hybridized carbons (Fsp3) is 0.133. The number of nitrogens with zero attached hydrogens (tertiary/aromatic N) is 1. The van der Waals surface area contributed by atoms with E-state index in [0.717, 1.165) is 0 Å². The summed E-state index contributed by atoms with van der Waals surface area (Å²) >= 11 is 0. The summed E-state index contributed by atoms with van der Waals surface area (Å²) in [5.41, 5.74) is 5.56. The highest BCUT2D eigenvalue weighted by molar-refractivity contribution is 5.89. The van der Waals surface area contributed by atoms with Gasteiger partial charge >= 0.3 is 0 Å². The van der Waals surface area contributed by atoms with Crippen molar-refractivity contribution in [3.8, 4) is 5.75 Å². The van der Waals surface area contributed by atoms with Crippen LogP contribution in [0.1, 0.15) is 17.1 Å². The van der Waals surface area contributed by atoms with Gasteiger partial charge in [-0.1, -0.05) is 0 Å². The normalized spacial score (nSPS) is 10.8. The lowest BCUT2D eigenvalue weighted by molar-refractivity contribution is -0.385. The number of carbonyl (C=O) groups is 1. The van der Waals surface area contributed by atoms with Crippen molar-refractivity contribution in [2.75, 3.05) is 0 Å². The molecular weight excluding hydrogens is 288 g/mol. The molecule has 0 radical (unpaired) electrons. The number of hydrogen-bond donors (Lipinski definition) is 1. The number of primary amides is 1. The molecule has 2 N–H and O–H groups in total. The van der Waals surface area contributed by atoms with Crippen molar-refractivity contribution in [1.29, 1.82) is 0 Å². The van der Waals surface area contributed by atoms with Gasteiger partial charge in [0.25, 0.3) is 5.69 Å². The number of hydrogen-bond acceptors (Lipinski definition) is 5. The molecule has 7 heteroatoms. The summed E-state index contributed by atoms with van der Waals surface area (Å²) in [6.45, 7) is 1.81. The topological polar surface area (TPSA) is 109 Å². The first kappa shape index (κ1) is 15.3. The number of ether oxygens (including phenoxy) is 1. The van der Waals surface area contributed by atoms with E-state index in [1.165, 1.54) is 24.3 Å². The molecule has 0 fully saturated rings. The van der Waals surface area contributed by atoms with Crippen LogP contribution in [0.25, 0.3) is 6.08 Å². The molecule has 0 aliphatic rings. The Hall–Kier alpha value is -3.09. The Bertz CT molecular complexity index is 733. The van der Waals surface area contributed by atoms with Gasteiger partial charge in [0.2, 0.25) is 5.91 Å². The first-order valence-electron chi connectivity index (χ1n) is 6.40. The number of furan rings is 1. The third-order valence-corrected chi connectivity index (χ3v) is 2.84. The van der Waals surface area contributed by atoms with Gasteiger partial charge in [-0.25, -0.2) is 0 Å². The second kappa shape index (κ2) is 6.57. The van der Waals surface area contributed by atoms with Crippen LogP contribution < -0.4 is 10.5 Å². The van der Waals surface area contributed by atoms with E-state index in [2.05, 4.69) is 0 Å². The molecule has 0 saturated heterocycles. The van der Waals surface area contributed by atoms with Gasteiger partial charge in [-0.15, -0.1) is 0 Å². The lowest BCUT2D eigenvalue weighted by Gasteiger charge is -2.05. The van der Waals surface area contributed by atoms with Gasteiger partial charge in [-0.2, -0.15) is 0 Å². The molecule has 1 aromatic carbocycles. The van der Waals surface area contributed by atoms with E-state index in [9.17, 15) is 14.9 Å². The largest absolute Gasteiger partial charge is 0.486 e. The maximum Gasteiger partial charge on any atom is 0.272 e. The van der Waals surface area contributed by atoms with Crippen molar-refractivity contribution < 1.29 is 18.9 Å². The molecule has 0 unspecified atom stereocenters. The summed E-state index contributed by atoms with van der Waals surface area (Å²) in [6, 6.07) is 7.91. The smallest absolute Gasteiger partial charge is 0.272 e. The minimum Gasteiger partial charge on any atom is -0.486 e. The SMILES string of the molecule is Cc1cc(OCc2ccc(/C=C\C(N)=O)o2)ccc1[N+](=O)[O-]. The summed E-state index contributed by atoms with van der Waals surface area (Å²) < 4.78 is 10.9. The number of nitro groups is 1. The van der Waals surface area contributed by atoms with Gasteiger partial charge in [-0.3, -0.25) is 14.9 Å². The summed E-state index contributed by atoms with van der Waals surface area (Å²) in [5.74, 6) is 0.988. The molecule has 1 amide bonds. The van der Waals surface area contributed by atoms with Crippen LogP contribution >= 0.6 is 0 Å². The fourth-order valence-corrected chi connectivity index (χ4v) is 1.80. The number of nitro benzene ring substituents is 1. The molecule has 0 atom stereocenters. The molecule has 7 nitrogen and oxygen atoms in total. The molecule has 22 heavy (non-hydrogen) atoms. The monoisotopic (exact) mass is 302 g/mol. The first-order chi connectivity index (χ1) is 10.5. The Labute approximate surface area is 126 Å². The summed E-state index contributed by atoms with van der Waals surface area (Å²) in [6.07, 6.45) is 2.66. The molecule has 1 heterocycles. The Balaban J connectivity index is 2.00. The highest BCUT2D eigenvalue weighted by Crippen LogP contribution is 2.24. The lowest BCUT2D eigenvalue weighted by atomic mass is 10.2. The van der Waals surface area contributed by atoms with Crippen LogP contribution in [-0.4, -0.2) is 10.8 Å². The number of rotatable bonds is 6. The van der Waals surface area contributed by atoms with Crippen LogP contribution in [0.4, 0.5) is 5.69 Å². The summed E-state index contributed by atoms with van der Waals surface area (Å²) in [4.78, 5) is 20.9. The number of carbonyl (C=O) groups excluding carboxylic acids is 1. The van der Waals surface area contributed by atoms with E-state index in [1.54, 1.807) is 25.1 Å². The summed E-state index contributed by atoms with van der Waals surface area (Å²) in [5, 5.41) is 10.7. The maximum absolute atomic E-state index is 10.7. The average molecular weight is 302 g/mol. The zero-order valence-corrected chi connectivity index (χ0v) is 11.8. The average Bonchev–Trinajstić information content (AvgIpc) is 2.90. The maximum atomic E-state index is 10.7. The molecule has 114 valence electrons. The van der Waals surface area contributed by atoms with Crippen LogP contribution in [0.15, 0.2) is 40.8 Å². The van der Waals surface area contributed by atoms with Crippen LogP contribution in [0, 0.1) is 17.0 Å². The van der Waals surface area contributed by atoms with Gasteiger partial charge in [0.05, 0.1) is 4.92 Å². The predicted molar refractivity (Wildman–Crippen MR) is 79.1 cm³/mol. The van der Waals surface area contributed by atoms with Crippen molar-refractivity contribution in [3.63, 3.8) is 0 Å². The van der Waals surface area contributed by atoms with Gasteiger partial charge in [0, 0.05) is 17.7 Å². The third-order valence-electron chi connectivity index (χ3n) is 2.84. The van der Waals surface area contributed by atoms with Crippen molar-refractivity contribution in [2.45, 2.75) is 13.5 Å². The van der Waals surface area contributed by atoms with Crippen LogP contribution in [0.3, 0.4) is 0 Å². The van der Waals surface area contributed by atoms with Crippen molar-refractivity contribution >= 4 is 17.7 Å². The van der Waals surface area contributed by atoms with Crippen LogP contribution in [0.5, 0.6) is 5.75 Å². The Morgan fingerprint density at radius 3 is 2.82 bits per heavy atom. The highest BCUT2D eigenvalue weighted by Gasteiger charge is 2.11. The molecule has 0 aliphatic heterocycles. The van der Waals surface area contributed by atoms with Gasteiger partial charge < -0.3 is 14.9 Å². The van der Waals surface area contributed by atoms with Gasteiger partial charge in [0.15, 0.2) is 0 Å². The second-order valence-electron chi connectivity index (χ2n) is 4.53. The minimum atomic E-state index is -0.560. The van der Waals surface area contributed by atoms with E-state index in [4.69, 9.17) is 14.9 Å². The zero-order chi connectivity index (χ0) is 16.1. The highest BCUT2D eigenvalue weighted by atomic mass is 16.6. The molecule has 0 spiro atoms. The molecule has 0 aliphatic carbocycles. The van der Waals surface area contributed by atoms with E-state index >= 15 is 0 Å². The van der Waals surface area contributed by atoms with Gasteiger partial charge in [0.1, 0.15) is 23.9 Å². The quantitative estimate of drug-likeness (QED) is 0.501. The van der Waals surface area contributed by atoms with E-state index < -0.39 is 10.8 Å². The van der Waals surface area contributed by atoms with Crippen molar-refractivity contribution in [3.05, 3.63) is 63.6 Å². The Morgan fingerprint density at radius 2 is 2.18 bits per heavy atom. The minimum absolute atomic E-state index is 0.0456. The fourth-order valence-electron chi connectivity index (χ4n) is 1.80. The second-order valence-corrected chi connectivity index (χ2v) is 4.53. The zero-order valence-electron chi connectivity index (χ0n) is 11.8. The molecule has 2 rings (SSSR count). The van der Waals surface area contributed by atoms with E-state index in [1.807, 2.05) is 0 Å². The number of aryl methyl sites for hydroxylation is 1. The Morgan fingerprint density at radius 1 is 1.41 bits per heavy atom. The van der Waals surface area contributed by atoms with E-state index in [0.29, 0.717) is 22.8 Å². The Kier molecular flexibility index (Phi) is 4.57. The van der Waals surface area contributed by atoms with E-state index in [-0.39, 0.29) is 12.3 Å². The van der Waals surface area contributed by atoms with Gasteiger partial charge in [-0.05, 0) is 37.3 Å².